The molecule has 2 rings (SSSR count). The van der Waals surface area contributed by atoms with Crippen molar-refractivity contribution in [3.63, 3.8) is 0 Å². The molecule has 0 radical (unpaired) electrons. The van der Waals surface area contributed by atoms with Crippen molar-refractivity contribution in [3.8, 4) is 16.9 Å². The zero-order valence-corrected chi connectivity index (χ0v) is 14.3. The summed E-state index contributed by atoms with van der Waals surface area (Å²) < 4.78 is 10.6. The first-order chi connectivity index (χ1) is 11.7. The number of anilines is 1. The molecule has 0 aliphatic heterocycles. The van der Waals surface area contributed by atoms with Gasteiger partial charge in [0.2, 0.25) is 0 Å². The van der Waals surface area contributed by atoms with Crippen molar-refractivity contribution in [3.05, 3.63) is 48.5 Å². The number of hydrogen-bond donors (Lipinski definition) is 2. The second-order valence-corrected chi connectivity index (χ2v) is 5.38. The van der Waals surface area contributed by atoms with Gasteiger partial charge in [-0.2, -0.15) is 0 Å². The van der Waals surface area contributed by atoms with Gasteiger partial charge in [0, 0.05) is 13.7 Å². The van der Waals surface area contributed by atoms with E-state index >= 15 is 0 Å². The molecule has 0 aromatic heterocycles. The zero-order valence-electron chi connectivity index (χ0n) is 14.3. The van der Waals surface area contributed by atoms with E-state index in [0.717, 1.165) is 17.5 Å². The highest BCUT2D eigenvalue weighted by atomic mass is 16.5. The molecule has 1 atom stereocenters. The third kappa shape index (κ3) is 4.73. The molecule has 128 valence electrons. The molecule has 2 amide bonds. The van der Waals surface area contributed by atoms with Gasteiger partial charge in [-0.3, -0.25) is 0 Å². The molecule has 0 saturated carbocycles. The van der Waals surface area contributed by atoms with E-state index in [2.05, 4.69) is 10.6 Å². The molecule has 2 aromatic carbocycles. The number of urea groups is 1. The molecule has 5 heteroatoms. The summed E-state index contributed by atoms with van der Waals surface area (Å²) in [4.78, 5) is 12.1. The van der Waals surface area contributed by atoms with Gasteiger partial charge in [0.1, 0.15) is 5.75 Å². The lowest BCUT2D eigenvalue weighted by Crippen LogP contribution is -2.35. The Morgan fingerprint density at radius 2 is 1.83 bits per heavy atom. The minimum atomic E-state index is -0.283. The Labute approximate surface area is 143 Å². The maximum atomic E-state index is 12.1. The maximum absolute atomic E-state index is 12.1. The van der Waals surface area contributed by atoms with E-state index in [9.17, 15) is 4.79 Å². The number of amides is 2. The molecule has 0 aliphatic rings. The van der Waals surface area contributed by atoms with E-state index < -0.39 is 0 Å². The first-order valence-corrected chi connectivity index (χ1v) is 7.99. The maximum Gasteiger partial charge on any atom is 0.319 e. The summed E-state index contributed by atoms with van der Waals surface area (Å²) in [6.07, 6.45) is 0.845. The van der Waals surface area contributed by atoms with Gasteiger partial charge in [-0.1, -0.05) is 43.3 Å². The fourth-order valence-corrected chi connectivity index (χ4v) is 2.38. The second kappa shape index (κ2) is 8.93. The van der Waals surface area contributed by atoms with Crippen LogP contribution >= 0.6 is 0 Å². The summed E-state index contributed by atoms with van der Waals surface area (Å²) in [6, 6.07) is 15.4. The van der Waals surface area contributed by atoms with Gasteiger partial charge >= 0.3 is 6.03 Å². The Hall–Kier alpha value is -2.53. The van der Waals surface area contributed by atoms with Crippen LogP contribution in [-0.2, 0) is 4.74 Å². The van der Waals surface area contributed by atoms with Crippen molar-refractivity contribution < 1.29 is 14.3 Å². The number of hydrogen-bond acceptors (Lipinski definition) is 3. The van der Waals surface area contributed by atoms with Crippen LogP contribution in [0.2, 0.25) is 0 Å². The summed E-state index contributed by atoms with van der Waals surface area (Å²) in [6.45, 7) is 2.47. The molecule has 24 heavy (non-hydrogen) atoms. The van der Waals surface area contributed by atoms with Crippen LogP contribution in [0.1, 0.15) is 13.3 Å². The number of carbonyl (C=O) groups is 1. The summed E-state index contributed by atoms with van der Waals surface area (Å²) >= 11 is 0. The minimum Gasteiger partial charge on any atom is -0.495 e. The van der Waals surface area contributed by atoms with Crippen molar-refractivity contribution in [2.75, 3.05) is 26.1 Å². The van der Waals surface area contributed by atoms with Crippen molar-refractivity contribution >= 4 is 11.7 Å². The van der Waals surface area contributed by atoms with Gasteiger partial charge in [-0.25, -0.2) is 4.79 Å². The molecule has 0 aliphatic carbocycles. The minimum absolute atomic E-state index is 0.00768. The third-order valence-corrected chi connectivity index (χ3v) is 3.83. The second-order valence-electron chi connectivity index (χ2n) is 5.38. The summed E-state index contributed by atoms with van der Waals surface area (Å²) in [5.74, 6) is 0.614. The number of nitrogens with one attached hydrogen (secondary N) is 2. The zero-order chi connectivity index (χ0) is 17.4. The molecule has 0 heterocycles. The van der Waals surface area contributed by atoms with Crippen LogP contribution in [0, 0.1) is 0 Å². The van der Waals surface area contributed by atoms with Crippen molar-refractivity contribution in [1.29, 1.82) is 0 Å². The Morgan fingerprint density at radius 3 is 2.46 bits per heavy atom. The van der Waals surface area contributed by atoms with Crippen LogP contribution < -0.4 is 15.4 Å². The monoisotopic (exact) mass is 328 g/mol. The predicted molar refractivity (Wildman–Crippen MR) is 96.5 cm³/mol. The summed E-state index contributed by atoms with van der Waals surface area (Å²) in [7, 11) is 3.22. The first-order valence-electron chi connectivity index (χ1n) is 7.99. The van der Waals surface area contributed by atoms with Crippen LogP contribution in [0.4, 0.5) is 10.5 Å². The lowest BCUT2D eigenvalue weighted by molar-refractivity contribution is 0.101. The van der Waals surface area contributed by atoms with Crippen LogP contribution in [0.25, 0.3) is 11.1 Å². The predicted octanol–water partition coefficient (Wildman–Crippen LogP) is 3.91. The van der Waals surface area contributed by atoms with Gasteiger partial charge in [0.15, 0.2) is 0 Å². The molecule has 0 spiro atoms. The first kappa shape index (κ1) is 17.8. The topological polar surface area (TPSA) is 59.6 Å². The fraction of sp³-hybridized carbons (Fsp3) is 0.316. The van der Waals surface area contributed by atoms with E-state index in [4.69, 9.17) is 9.47 Å². The molecular weight excluding hydrogens is 304 g/mol. The van der Waals surface area contributed by atoms with Gasteiger partial charge in [-0.15, -0.1) is 0 Å². The van der Waals surface area contributed by atoms with Crippen molar-refractivity contribution in [1.82, 2.24) is 5.32 Å². The molecule has 2 aromatic rings. The van der Waals surface area contributed by atoms with Gasteiger partial charge < -0.3 is 20.1 Å². The Bertz CT molecular complexity index is 655. The lowest BCUT2D eigenvalue weighted by atomic mass is 10.0. The number of methoxy groups -OCH3 is 2. The Balaban J connectivity index is 2.12. The molecular formula is C19H24N2O3. The van der Waals surface area contributed by atoms with Crippen LogP contribution in [-0.4, -0.2) is 32.9 Å². The largest absolute Gasteiger partial charge is 0.495 e. The van der Waals surface area contributed by atoms with Crippen LogP contribution in [0.5, 0.6) is 5.75 Å². The highest BCUT2D eigenvalue weighted by Crippen LogP contribution is 2.30. The number of rotatable bonds is 7. The van der Waals surface area contributed by atoms with Crippen LogP contribution in [0.3, 0.4) is 0 Å². The molecule has 5 nitrogen and oxygen atoms in total. The summed E-state index contributed by atoms with van der Waals surface area (Å²) in [5, 5.41) is 5.66. The average molecular weight is 328 g/mol. The average Bonchev–Trinajstić information content (AvgIpc) is 2.63. The quantitative estimate of drug-likeness (QED) is 0.810. The summed E-state index contributed by atoms with van der Waals surface area (Å²) in [5.41, 5.74) is 2.71. The van der Waals surface area contributed by atoms with Gasteiger partial charge in [-0.05, 0) is 29.7 Å². The van der Waals surface area contributed by atoms with E-state index in [1.54, 1.807) is 14.2 Å². The SMILES string of the molecule is CC[C@H](CNC(=O)Nc1cc(-c2ccccc2)ccc1OC)OC. The van der Waals surface area contributed by atoms with E-state index in [1.165, 1.54) is 0 Å². The standard InChI is InChI=1S/C19H24N2O3/c1-4-16(23-2)13-20-19(22)21-17-12-15(10-11-18(17)24-3)14-8-6-5-7-9-14/h5-12,16H,4,13H2,1-3H3,(H2,20,21,22)/t16-/m1/s1. The molecule has 0 unspecified atom stereocenters. The van der Waals surface area contributed by atoms with Crippen molar-refractivity contribution in [2.24, 2.45) is 0 Å². The number of benzene rings is 2. The molecule has 0 saturated heterocycles. The van der Waals surface area contributed by atoms with Gasteiger partial charge in [0.05, 0.1) is 18.9 Å². The normalized spacial score (nSPS) is 11.6. The smallest absolute Gasteiger partial charge is 0.319 e. The van der Waals surface area contributed by atoms with E-state index in [0.29, 0.717) is 18.0 Å². The third-order valence-electron chi connectivity index (χ3n) is 3.83. The molecule has 2 N–H and O–H groups in total. The molecule has 0 bridgehead atoms. The van der Waals surface area contributed by atoms with Crippen molar-refractivity contribution in [2.45, 2.75) is 19.4 Å². The molecule has 0 fully saturated rings. The fourth-order valence-electron chi connectivity index (χ4n) is 2.38. The van der Waals surface area contributed by atoms with E-state index in [1.807, 2.05) is 55.5 Å². The van der Waals surface area contributed by atoms with Crippen LogP contribution in [0.15, 0.2) is 48.5 Å². The highest BCUT2D eigenvalue weighted by Gasteiger charge is 2.11. The van der Waals surface area contributed by atoms with E-state index in [-0.39, 0.29) is 12.1 Å². The Kier molecular flexibility index (Phi) is 6.63. The Morgan fingerprint density at radius 1 is 1.08 bits per heavy atom. The number of carbonyl (C=O) groups excluding carboxylic acids is 1. The highest BCUT2D eigenvalue weighted by molar-refractivity contribution is 5.92. The number of ether oxygens (including phenoxy) is 2. The lowest BCUT2D eigenvalue weighted by Gasteiger charge is -2.16. The van der Waals surface area contributed by atoms with Gasteiger partial charge in [0.25, 0.3) is 0 Å².